The Labute approximate surface area is 105 Å². The lowest BCUT2D eigenvalue weighted by atomic mass is 10.2. The fourth-order valence-electron chi connectivity index (χ4n) is 1.57. The lowest BCUT2D eigenvalue weighted by molar-refractivity contribution is 0.0600. The van der Waals surface area contributed by atoms with E-state index in [1.54, 1.807) is 12.1 Å². The molecule has 0 aliphatic carbocycles. The van der Waals surface area contributed by atoms with E-state index in [0.717, 1.165) is 10.6 Å². The lowest BCUT2D eigenvalue weighted by Crippen LogP contribution is -2.24. The van der Waals surface area contributed by atoms with Gasteiger partial charge in [-0.3, -0.25) is 0 Å². The number of hydrogen-bond donors (Lipinski definition) is 1. The molecule has 4 nitrogen and oxygen atoms in total. The second-order valence-corrected chi connectivity index (χ2v) is 5.66. The zero-order valence-electron chi connectivity index (χ0n) is 8.58. The molecule has 0 bridgehead atoms. The highest BCUT2D eigenvalue weighted by atomic mass is 79.9. The highest BCUT2D eigenvalue weighted by Crippen LogP contribution is 2.34. The van der Waals surface area contributed by atoms with Gasteiger partial charge in [0.15, 0.2) is 4.90 Å². The van der Waals surface area contributed by atoms with Gasteiger partial charge in [0.2, 0.25) is 0 Å². The number of halogens is 1. The maximum atomic E-state index is 11.8. The minimum atomic E-state index is -1.01. The van der Waals surface area contributed by atoms with Gasteiger partial charge >= 0.3 is 5.97 Å². The number of fused-ring (bicyclic) bond motifs is 1. The maximum Gasteiger partial charge on any atom is 0.337 e. The van der Waals surface area contributed by atoms with Gasteiger partial charge in [0, 0.05) is 0 Å². The SMILES string of the molecule is COC(=O)c1cc(Br)c2c(c1)NCC[S+]2[O-]. The van der Waals surface area contributed by atoms with Crippen LogP contribution in [0.15, 0.2) is 21.5 Å². The Morgan fingerprint density at radius 2 is 2.38 bits per heavy atom. The van der Waals surface area contributed by atoms with Crippen LogP contribution in [0.3, 0.4) is 0 Å². The number of nitrogens with one attached hydrogen (secondary N) is 1. The number of methoxy groups -OCH3 is 1. The topological polar surface area (TPSA) is 61.4 Å². The van der Waals surface area contributed by atoms with Crippen LogP contribution in [0.2, 0.25) is 0 Å². The van der Waals surface area contributed by atoms with Crippen LogP contribution >= 0.6 is 15.9 Å². The lowest BCUT2D eigenvalue weighted by Gasteiger charge is -2.22. The van der Waals surface area contributed by atoms with Crippen molar-refractivity contribution in [3.63, 3.8) is 0 Å². The average molecular weight is 304 g/mol. The first-order valence-corrected chi connectivity index (χ1v) is 6.79. The van der Waals surface area contributed by atoms with E-state index < -0.39 is 17.1 Å². The molecule has 1 atom stereocenters. The van der Waals surface area contributed by atoms with Crippen LogP contribution in [0.1, 0.15) is 10.4 Å². The Morgan fingerprint density at radius 1 is 1.62 bits per heavy atom. The van der Waals surface area contributed by atoms with E-state index in [0.29, 0.717) is 22.3 Å². The third-order valence-corrected chi connectivity index (χ3v) is 4.65. The molecule has 0 saturated heterocycles. The van der Waals surface area contributed by atoms with Crippen molar-refractivity contribution in [2.75, 3.05) is 24.7 Å². The number of benzene rings is 1. The predicted octanol–water partition coefficient (Wildman–Crippen LogP) is 1.77. The molecule has 0 saturated carbocycles. The summed E-state index contributed by atoms with van der Waals surface area (Å²) in [7, 11) is 1.33. The Hall–Kier alpha value is -0.720. The summed E-state index contributed by atoms with van der Waals surface area (Å²) >= 11 is 2.32. The number of carbonyl (C=O) groups excluding carboxylic acids is 1. The number of carbonyl (C=O) groups is 1. The Bertz CT molecular complexity index is 438. The second-order valence-electron chi connectivity index (χ2n) is 3.30. The summed E-state index contributed by atoms with van der Waals surface area (Å²) in [5.74, 6) is 0.185. The fraction of sp³-hybridized carbons (Fsp3) is 0.300. The molecule has 0 amide bonds. The quantitative estimate of drug-likeness (QED) is 0.634. The van der Waals surface area contributed by atoms with Crippen molar-refractivity contribution in [3.8, 4) is 0 Å². The van der Waals surface area contributed by atoms with Crippen LogP contribution in [0.25, 0.3) is 0 Å². The van der Waals surface area contributed by atoms with Gasteiger partial charge in [-0.2, -0.15) is 0 Å². The van der Waals surface area contributed by atoms with Crippen molar-refractivity contribution in [2.45, 2.75) is 4.90 Å². The number of anilines is 1. The zero-order chi connectivity index (χ0) is 11.7. The van der Waals surface area contributed by atoms with Gasteiger partial charge in [0.05, 0.1) is 29.4 Å². The molecule has 0 spiro atoms. The van der Waals surface area contributed by atoms with Crippen LogP contribution in [0, 0.1) is 0 Å². The van der Waals surface area contributed by atoms with E-state index in [9.17, 15) is 9.35 Å². The van der Waals surface area contributed by atoms with Crippen molar-refractivity contribution in [2.24, 2.45) is 0 Å². The van der Waals surface area contributed by atoms with Gasteiger partial charge in [-0.15, -0.1) is 0 Å². The minimum Gasteiger partial charge on any atom is -0.611 e. The molecule has 2 rings (SSSR count). The molecule has 1 aromatic carbocycles. The fourth-order valence-corrected chi connectivity index (χ4v) is 3.72. The highest BCUT2D eigenvalue weighted by Gasteiger charge is 2.26. The Morgan fingerprint density at radius 3 is 3.06 bits per heavy atom. The third-order valence-electron chi connectivity index (χ3n) is 2.30. The van der Waals surface area contributed by atoms with E-state index in [4.69, 9.17) is 0 Å². The van der Waals surface area contributed by atoms with Crippen molar-refractivity contribution in [1.82, 2.24) is 0 Å². The summed E-state index contributed by atoms with van der Waals surface area (Å²) < 4.78 is 17.1. The smallest absolute Gasteiger partial charge is 0.337 e. The third kappa shape index (κ3) is 2.05. The van der Waals surface area contributed by atoms with E-state index in [-0.39, 0.29) is 0 Å². The maximum absolute atomic E-state index is 11.8. The summed E-state index contributed by atoms with van der Waals surface area (Å²) in [5.41, 5.74) is 1.18. The monoisotopic (exact) mass is 303 g/mol. The predicted molar refractivity (Wildman–Crippen MR) is 65.2 cm³/mol. The zero-order valence-corrected chi connectivity index (χ0v) is 11.0. The van der Waals surface area contributed by atoms with Gasteiger partial charge in [-0.25, -0.2) is 4.79 Å². The second kappa shape index (κ2) is 4.65. The normalized spacial score (nSPS) is 18.6. The summed E-state index contributed by atoms with van der Waals surface area (Å²) in [6.07, 6.45) is 0. The van der Waals surface area contributed by atoms with Gasteiger partial charge in [-0.05, 0) is 39.2 Å². The van der Waals surface area contributed by atoms with E-state index in [2.05, 4.69) is 26.0 Å². The van der Waals surface area contributed by atoms with Crippen LogP contribution < -0.4 is 5.32 Å². The molecular weight excluding hydrogens is 294 g/mol. The van der Waals surface area contributed by atoms with Crippen LogP contribution in [-0.4, -0.2) is 29.9 Å². The van der Waals surface area contributed by atoms with E-state index >= 15 is 0 Å². The molecule has 1 N–H and O–H groups in total. The van der Waals surface area contributed by atoms with Crippen molar-refractivity contribution in [3.05, 3.63) is 22.2 Å². The molecular formula is C10H10BrNO3S. The van der Waals surface area contributed by atoms with Gasteiger partial charge in [0.25, 0.3) is 0 Å². The number of esters is 1. The van der Waals surface area contributed by atoms with Crippen LogP contribution in [0.4, 0.5) is 5.69 Å². The van der Waals surface area contributed by atoms with Crippen molar-refractivity contribution >= 4 is 38.8 Å². The standard InChI is InChI=1S/C10H10BrNO3S/c1-15-10(13)6-4-7(11)9-8(5-6)12-2-3-16(9)14/h4-5,12H,2-3H2,1H3. The van der Waals surface area contributed by atoms with Crippen LogP contribution in [-0.2, 0) is 15.9 Å². The molecule has 1 unspecified atom stereocenters. The molecule has 1 aliphatic heterocycles. The van der Waals surface area contributed by atoms with Crippen molar-refractivity contribution < 1.29 is 14.1 Å². The Balaban J connectivity index is 2.49. The van der Waals surface area contributed by atoms with Gasteiger partial charge in [0.1, 0.15) is 5.75 Å². The number of hydrogen-bond acceptors (Lipinski definition) is 4. The molecule has 1 aliphatic rings. The molecule has 0 radical (unpaired) electrons. The molecule has 86 valence electrons. The molecule has 0 aromatic heterocycles. The average Bonchev–Trinajstić information content (AvgIpc) is 2.27. The van der Waals surface area contributed by atoms with Crippen molar-refractivity contribution in [1.29, 1.82) is 0 Å². The van der Waals surface area contributed by atoms with E-state index in [1.165, 1.54) is 7.11 Å². The number of rotatable bonds is 1. The summed E-state index contributed by atoms with van der Waals surface area (Å²) in [6, 6.07) is 3.30. The summed E-state index contributed by atoms with van der Waals surface area (Å²) in [4.78, 5) is 12.1. The first kappa shape index (κ1) is 11.8. The van der Waals surface area contributed by atoms with E-state index in [1.807, 2.05) is 0 Å². The molecule has 1 aromatic rings. The first-order chi connectivity index (χ1) is 7.63. The molecule has 6 heteroatoms. The molecule has 0 fully saturated rings. The molecule has 16 heavy (non-hydrogen) atoms. The first-order valence-electron chi connectivity index (χ1n) is 4.67. The summed E-state index contributed by atoms with van der Waals surface area (Å²) in [5, 5.41) is 3.12. The van der Waals surface area contributed by atoms with Crippen LogP contribution in [0.5, 0.6) is 0 Å². The van der Waals surface area contributed by atoms with Gasteiger partial charge in [-0.1, -0.05) is 0 Å². The molecule has 1 heterocycles. The highest BCUT2D eigenvalue weighted by molar-refractivity contribution is 9.10. The Kier molecular flexibility index (Phi) is 3.41. The minimum absolute atomic E-state index is 0.401. The van der Waals surface area contributed by atoms with Gasteiger partial charge < -0.3 is 14.6 Å². The summed E-state index contributed by atoms with van der Waals surface area (Å²) in [6.45, 7) is 0.649. The largest absolute Gasteiger partial charge is 0.611 e. The number of ether oxygens (including phenoxy) is 1.